The highest BCUT2D eigenvalue weighted by Gasteiger charge is 2.23. The summed E-state index contributed by atoms with van der Waals surface area (Å²) in [6.07, 6.45) is 10.8. The number of rotatable bonds is 7. The Kier molecular flexibility index (Phi) is 5.43. The lowest BCUT2D eigenvalue weighted by atomic mass is 10.1. The van der Waals surface area contributed by atoms with E-state index in [2.05, 4.69) is 22.2 Å². The number of nitrogens with zero attached hydrogens (tertiary/aromatic N) is 2. The lowest BCUT2D eigenvalue weighted by molar-refractivity contribution is 0.460. The summed E-state index contributed by atoms with van der Waals surface area (Å²) in [7, 11) is 0. The molecule has 0 N–H and O–H groups in total. The minimum Gasteiger partial charge on any atom is -0.324 e. The zero-order chi connectivity index (χ0) is 11.9. The van der Waals surface area contributed by atoms with Gasteiger partial charge >= 0.3 is 0 Å². The number of thioether (sulfide) groups is 1. The van der Waals surface area contributed by atoms with Crippen LogP contribution in [0.2, 0.25) is 0 Å². The molecule has 0 radical (unpaired) electrons. The van der Waals surface area contributed by atoms with Gasteiger partial charge in [-0.05, 0) is 24.7 Å². The SMILES string of the molecule is CCCCCCCCC1=CSC2=NCCCN12. The predicted octanol–water partition coefficient (Wildman–Crippen LogP) is 4.39. The van der Waals surface area contributed by atoms with E-state index in [9.17, 15) is 0 Å². The molecule has 2 rings (SSSR count). The number of amidine groups is 1. The quantitative estimate of drug-likeness (QED) is 0.625. The van der Waals surface area contributed by atoms with Crippen molar-refractivity contribution in [2.75, 3.05) is 13.1 Å². The first-order chi connectivity index (χ1) is 8.42. The Morgan fingerprint density at radius 2 is 2.06 bits per heavy atom. The molecule has 0 aliphatic carbocycles. The first-order valence-corrected chi connectivity index (χ1v) is 7.97. The summed E-state index contributed by atoms with van der Waals surface area (Å²) >= 11 is 1.82. The van der Waals surface area contributed by atoms with Gasteiger partial charge < -0.3 is 4.90 Å². The van der Waals surface area contributed by atoms with Gasteiger partial charge in [0.2, 0.25) is 0 Å². The maximum Gasteiger partial charge on any atom is 0.167 e. The van der Waals surface area contributed by atoms with Gasteiger partial charge in [-0.25, -0.2) is 0 Å². The minimum absolute atomic E-state index is 1.02. The highest BCUT2D eigenvalue weighted by atomic mass is 32.2. The van der Waals surface area contributed by atoms with Crippen molar-refractivity contribution in [1.82, 2.24) is 4.90 Å². The molecule has 3 heteroatoms. The molecule has 0 amide bonds. The van der Waals surface area contributed by atoms with Gasteiger partial charge in [0.1, 0.15) is 0 Å². The van der Waals surface area contributed by atoms with Gasteiger partial charge in [0, 0.05) is 18.8 Å². The van der Waals surface area contributed by atoms with Crippen molar-refractivity contribution < 1.29 is 0 Å². The van der Waals surface area contributed by atoms with Gasteiger partial charge in [-0.2, -0.15) is 0 Å². The molecule has 0 spiro atoms. The Morgan fingerprint density at radius 3 is 2.94 bits per heavy atom. The van der Waals surface area contributed by atoms with Crippen molar-refractivity contribution in [3.05, 3.63) is 11.1 Å². The molecule has 0 unspecified atom stereocenters. The molecule has 0 aromatic heterocycles. The molecule has 2 aliphatic heterocycles. The monoisotopic (exact) mass is 252 g/mol. The Balaban J connectivity index is 1.63. The van der Waals surface area contributed by atoms with Crippen LogP contribution in [-0.2, 0) is 0 Å². The molecule has 0 saturated carbocycles. The molecule has 17 heavy (non-hydrogen) atoms. The van der Waals surface area contributed by atoms with Crippen LogP contribution in [0.4, 0.5) is 0 Å². The van der Waals surface area contributed by atoms with Crippen molar-refractivity contribution in [2.45, 2.75) is 58.3 Å². The zero-order valence-electron chi connectivity index (χ0n) is 11.0. The van der Waals surface area contributed by atoms with Gasteiger partial charge in [0.25, 0.3) is 0 Å². The van der Waals surface area contributed by atoms with Crippen molar-refractivity contribution in [3.8, 4) is 0 Å². The standard InChI is InChI=1S/C14H24N2S/c1-2-3-4-5-6-7-9-13-12-17-14-15-10-8-11-16(13)14/h12H,2-11H2,1H3. The lowest BCUT2D eigenvalue weighted by Crippen LogP contribution is -2.29. The smallest absolute Gasteiger partial charge is 0.167 e. The van der Waals surface area contributed by atoms with Gasteiger partial charge in [-0.3, -0.25) is 4.99 Å². The van der Waals surface area contributed by atoms with Gasteiger partial charge in [-0.15, -0.1) is 0 Å². The fourth-order valence-electron chi connectivity index (χ4n) is 2.42. The van der Waals surface area contributed by atoms with Crippen LogP contribution in [0, 0.1) is 0 Å². The maximum atomic E-state index is 4.56. The van der Waals surface area contributed by atoms with Crippen LogP contribution in [0.25, 0.3) is 0 Å². The summed E-state index contributed by atoms with van der Waals surface area (Å²) in [6.45, 7) is 4.49. The van der Waals surface area contributed by atoms with Gasteiger partial charge in [-0.1, -0.05) is 50.8 Å². The van der Waals surface area contributed by atoms with Crippen LogP contribution in [0.5, 0.6) is 0 Å². The van der Waals surface area contributed by atoms with Gasteiger partial charge in [0.15, 0.2) is 5.17 Å². The van der Waals surface area contributed by atoms with E-state index in [1.54, 1.807) is 0 Å². The van der Waals surface area contributed by atoms with E-state index >= 15 is 0 Å². The van der Waals surface area contributed by atoms with Crippen LogP contribution in [0.15, 0.2) is 16.1 Å². The number of unbranched alkanes of at least 4 members (excludes halogenated alkanes) is 5. The van der Waals surface area contributed by atoms with E-state index in [0.29, 0.717) is 0 Å². The van der Waals surface area contributed by atoms with E-state index in [4.69, 9.17) is 0 Å². The van der Waals surface area contributed by atoms with Crippen molar-refractivity contribution in [1.29, 1.82) is 0 Å². The van der Waals surface area contributed by atoms with Crippen LogP contribution < -0.4 is 0 Å². The summed E-state index contributed by atoms with van der Waals surface area (Å²) in [5, 5.41) is 3.56. The topological polar surface area (TPSA) is 15.6 Å². The fraction of sp³-hybridized carbons (Fsp3) is 0.786. The highest BCUT2D eigenvalue weighted by molar-refractivity contribution is 8.16. The summed E-state index contributed by atoms with van der Waals surface area (Å²) in [5.74, 6) is 0. The van der Waals surface area contributed by atoms with E-state index in [1.807, 2.05) is 11.8 Å². The van der Waals surface area contributed by atoms with Crippen molar-refractivity contribution >= 4 is 16.9 Å². The highest BCUT2D eigenvalue weighted by Crippen LogP contribution is 2.31. The second-order valence-electron chi connectivity index (χ2n) is 4.91. The average molecular weight is 252 g/mol. The summed E-state index contributed by atoms with van der Waals surface area (Å²) in [6, 6.07) is 0. The fourth-order valence-corrected chi connectivity index (χ4v) is 3.40. The van der Waals surface area contributed by atoms with E-state index in [-0.39, 0.29) is 0 Å². The van der Waals surface area contributed by atoms with Gasteiger partial charge in [0.05, 0.1) is 0 Å². The predicted molar refractivity (Wildman–Crippen MR) is 77.3 cm³/mol. The molecule has 0 aromatic carbocycles. The third-order valence-electron chi connectivity index (χ3n) is 3.45. The maximum absolute atomic E-state index is 4.56. The first-order valence-electron chi connectivity index (χ1n) is 7.09. The van der Waals surface area contributed by atoms with E-state index in [0.717, 1.165) is 6.54 Å². The molecular formula is C14H24N2S. The van der Waals surface area contributed by atoms with E-state index < -0.39 is 0 Å². The Morgan fingerprint density at radius 1 is 1.24 bits per heavy atom. The van der Waals surface area contributed by atoms with E-state index in [1.165, 1.54) is 68.8 Å². The molecule has 2 heterocycles. The van der Waals surface area contributed by atoms with Crippen molar-refractivity contribution in [3.63, 3.8) is 0 Å². The van der Waals surface area contributed by atoms with Crippen LogP contribution in [0.3, 0.4) is 0 Å². The molecule has 0 aromatic rings. The second-order valence-corrected chi connectivity index (χ2v) is 5.75. The molecule has 0 bridgehead atoms. The molecule has 2 nitrogen and oxygen atoms in total. The van der Waals surface area contributed by atoms with Crippen LogP contribution in [0.1, 0.15) is 58.3 Å². The number of hydrogen-bond acceptors (Lipinski definition) is 3. The minimum atomic E-state index is 1.02. The lowest BCUT2D eigenvalue weighted by Gasteiger charge is -2.25. The third-order valence-corrected chi connectivity index (χ3v) is 4.40. The number of hydrogen-bond donors (Lipinski definition) is 0. The average Bonchev–Trinajstić information content (AvgIpc) is 2.77. The Hall–Kier alpha value is -0.440. The summed E-state index contributed by atoms with van der Waals surface area (Å²) in [5.41, 5.74) is 1.52. The van der Waals surface area contributed by atoms with Crippen LogP contribution >= 0.6 is 11.8 Å². The molecule has 96 valence electrons. The molecule has 0 saturated heterocycles. The Labute approximate surface area is 110 Å². The molecule has 2 aliphatic rings. The molecule has 0 fully saturated rings. The number of aliphatic imine (C=N–C) groups is 1. The second kappa shape index (κ2) is 7.10. The molecule has 0 atom stereocenters. The summed E-state index contributed by atoms with van der Waals surface area (Å²) < 4.78 is 0. The first kappa shape index (κ1) is 13.0. The summed E-state index contributed by atoms with van der Waals surface area (Å²) in [4.78, 5) is 6.99. The number of fused-ring (bicyclic) bond motifs is 1. The van der Waals surface area contributed by atoms with Crippen molar-refractivity contribution in [2.24, 2.45) is 4.99 Å². The zero-order valence-corrected chi connectivity index (χ0v) is 11.8. The largest absolute Gasteiger partial charge is 0.324 e. The van der Waals surface area contributed by atoms with Crippen LogP contribution in [-0.4, -0.2) is 23.2 Å². The third kappa shape index (κ3) is 3.77. The Bertz CT molecular complexity index is 297. The normalized spacial score (nSPS) is 19.0. The molecular weight excluding hydrogens is 228 g/mol. The number of allylic oxidation sites excluding steroid dienone is 1.